The Kier molecular flexibility index (Phi) is 6.03. The van der Waals surface area contributed by atoms with Gasteiger partial charge in [-0.15, -0.1) is 0 Å². The molecule has 0 radical (unpaired) electrons. The highest BCUT2D eigenvalue weighted by atomic mass is 16.5. The number of aliphatic hydroxyl groups excluding tert-OH is 1. The van der Waals surface area contributed by atoms with Gasteiger partial charge in [0.2, 0.25) is 5.78 Å². The lowest BCUT2D eigenvalue weighted by molar-refractivity contribution is 0.0732. The van der Waals surface area contributed by atoms with Crippen LogP contribution in [0.15, 0.2) is 66.7 Å². The average Bonchev–Trinajstić information content (AvgIpc) is 3.39. The minimum absolute atomic E-state index is 0.0874. The van der Waals surface area contributed by atoms with E-state index in [1.54, 1.807) is 41.4 Å². The third-order valence-electron chi connectivity index (χ3n) is 6.33. The van der Waals surface area contributed by atoms with Crippen LogP contribution < -0.4 is 4.74 Å². The van der Waals surface area contributed by atoms with Crippen LogP contribution in [0.3, 0.4) is 0 Å². The van der Waals surface area contributed by atoms with E-state index in [2.05, 4.69) is 4.98 Å². The number of ketones is 1. The number of carbonyl (C=O) groups is 2. The van der Waals surface area contributed by atoms with Crippen LogP contribution in [0.2, 0.25) is 0 Å². The number of aliphatic hydroxyl groups is 1. The second-order valence-corrected chi connectivity index (χ2v) is 8.53. The molecule has 0 bridgehead atoms. The van der Waals surface area contributed by atoms with Crippen LogP contribution in [0.1, 0.15) is 33.2 Å². The summed E-state index contributed by atoms with van der Waals surface area (Å²) in [5.74, 6) is -0.179. The Morgan fingerprint density at radius 3 is 2.64 bits per heavy atom. The summed E-state index contributed by atoms with van der Waals surface area (Å²) in [5, 5.41) is 20.2. The molecule has 1 aliphatic rings. The lowest BCUT2D eigenvalue weighted by Gasteiger charge is -2.19. The molecule has 0 saturated carbocycles. The number of hydrogen-bond donors (Lipinski definition) is 2. The Morgan fingerprint density at radius 2 is 1.94 bits per heavy atom. The molecule has 8 nitrogen and oxygen atoms in total. The molecule has 182 valence electrons. The molecule has 2 N–H and O–H groups in total. The van der Waals surface area contributed by atoms with Gasteiger partial charge < -0.3 is 24.4 Å². The third kappa shape index (κ3) is 3.91. The van der Waals surface area contributed by atoms with Crippen LogP contribution in [0.25, 0.3) is 28.2 Å². The standard InChI is InChI=1S/C28H25N3O5/c1-3-31(13-14-32)28(35)18-9-7-17(8-10-18)20-11-12-29-27-24(20)19(16-30(27)2)15-23-26(34)25-21(33)5-4-6-22(25)36-23/h4-12,15-16,32-33H,3,13-14H2,1-2H3/b23-15-. The van der Waals surface area contributed by atoms with Crippen molar-refractivity contribution in [1.82, 2.24) is 14.5 Å². The van der Waals surface area contributed by atoms with Gasteiger partial charge in [0.25, 0.3) is 5.91 Å². The molecule has 0 atom stereocenters. The number of aromatic nitrogens is 2. The number of amides is 1. The van der Waals surface area contributed by atoms with E-state index in [-0.39, 0.29) is 41.9 Å². The number of benzene rings is 2. The van der Waals surface area contributed by atoms with E-state index in [0.717, 1.165) is 27.7 Å². The first-order chi connectivity index (χ1) is 17.4. The number of fused-ring (bicyclic) bond motifs is 2. The third-order valence-corrected chi connectivity index (χ3v) is 6.33. The molecule has 1 amide bonds. The first-order valence-electron chi connectivity index (χ1n) is 11.6. The molecule has 0 fully saturated rings. The van der Waals surface area contributed by atoms with Crippen molar-refractivity contribution in [3.8, 4) is 22.6 Å². The van der Waals surface area contributed by atoms with Gasteiger partial charge in [-0.2, -0.15) is 0 Å². The lowest BCUT2D eigenvalue weighted by Crippen LogP contribution is -2.33. The number of nitrogens with zero attached hydrogens (tertiary/aromatic N) is 3. The first-order valence-corrected chi connectivity index (χ1v) is 11.6. The maximum Gasteiger partial charge on any atom is 0.253 e. The summed E-state index contributed by atoms with van der Waals surface area (Å²) in [5.41, 5.74) is 3.94. The summed E-state index contributed by atoms with van der Waals surface area (Å²) in [6.07, 6.45) is 5.26. The van der Waals surface area contributed by atoms with E-state index in [4.69, 9.17) is 4.74 Å². The maximum absolute atomic E-state index is 12.9. The fourth-order valence-corrected chi connectivity index (χ4v) is 4.54. The van der Waals surface area contributed by atoms with Crippen LogP contribution in [0.5, 0.6) is 11.5 Å². The molecule has 1 aliphatic heterocycles. The molecule has 2 aromatic carbocycles. The van der Waals surface area contributed by atoms with E-state index in [1.807, 2.05) is 42.9 Å². The van der Waals surface area contributed by atoms with Crippen molar-refractivity contribution in [3.05, 3.63) is 83.4 Å². The molecule has 0 spiro atoms. The number of aryl methyl sites for hydroxylation is 1. The van der Waals surface area contributed by atoms with Gasteiger partial charge in [-0.25, -0.2) is 4.98 Å². The predicted octanol–water partition coefficient (Wildman–Crippen LogP) is 4.02. The highest BCUT2D eigenvalue weighted by Gasteiger charge is 2.30. The Bertz CT molecular complexity index is 1520. The van der Waals surface area contributed by atoms with Crippen molar-refractivity contribution in [2.24, 2.45) is 7.05 Å². The Morgan fingerprint density at radius 1 is 1.17 bits per heavy atom. The van der Waals surface area contributed by atoms with Crippen molar-refractivity contribution in [1.29, 1.82) is 0 Å². The Hall–Kier alpha value is -4.43. The summed E-state index contributed by atoms with van der Waals surface area (Å²) in [7, 11) is 1.88. The van der Waals surface area contributed by atoms with Gasteiger partial charge in [-0.05, 0) is 54.5 Å². The van der Waals surface area contributed by atoms with E-state index in [9.17, 15) is 19.8 Å². The van der Waals surface area contributed by atoms with Gasteiger partial charge in [-0.3, -0.25) is 9.59 Å². The molecule has 0 aliphatic carbocycles. The highest BCUT2D eigenvalue weighted by molar-refractivity contribution is 6.17. The zero-order chi connectivity index (χ0) is 25.4. The number of rotatable bonds is 6. The van der Waals surface area contributed by atoms with Crippen LogP contribution >= 0.6 is 0 Å². The molecule has 2 aromatic heterocycles. The number of phenolic OH excluding ortho intramolecular Hbond substituents is 1. The Balaban J connectivity index is 1.55. The number of aromatic hydroxyl groups is 1. The summed E-state index contributed by atoms with van der Waals surface area (Å²) in [6, 6.07) is 13.9. The van der Waals surface area contributed by atoms with Crippen LogP contribution in [0, 0.1) is 0 Å². The van der Waals surface area contributed by atoms with Gasteiger partial charge in [0.1, 0.15) is 22.7 Å². The van der Waals surface area contributed by atoms with Gasteiger partial charge in [-0.1, -0.05) is 18.2 Å². The summed E-state index contributed by atoms with van der Waals surface area (Å²) in [6.45, 7) is 2.58. The molecular weight excluding hydrogens is 458 g/mol. The van der Waals surface area contributed by atoms with Gasteiger partial charge >= 0.3 is 0 Å². The summed E-state index contributed by atoms with van der Waals surface area (Å²) < 4.78 is 7.64. The molecule has 36 heavy (non-hydrogen) atoms. The smallest absolute Gasteiger partial charge is 0.253 e. The zero-order valence-corrected chi connectivity index (χ0v) is 19.9. The fourth-order valence-electron chi connectivity index (χ4n) is 4.54. The molecule has 0 unspecified atom stereocenters. The normalized spacial score (nSPS) is 13.8. The van der Waals surface area contributed by atoms with E-state index in [0.29, 0.717) is 17.9 Å². The molecular formula is C28H25N3O5. The number of hydrogen-bond acceptors (Lipinski definition) is 6. The van der Waals surface area contributed by atoms with Crippen molar-refractivity contribution in [3.63, 3.8) is 0 Å². The number of phenols is 1. The van der Waals surface area contributed by atoms with Gasteiger partial charge in [0, 0.05) is 49.0 Å². The van der Waals surface area contributed by atoms with Crippen LogP contribution in [-0.2, 0) is 7.05 Å². The predicted molar refractivity (Wildman–Crippen MR) is 136 cm³/mol. The number of likely N-dealkylation sites (N-methyl/N-ethyl adjacent to an activating group) is 1. The second-order valence-electron chi connectivity index (χ2n) is 8.53. The number of Topliss-reactive ketones (excluding diaryl/α,β-unsaturated/α-hetero) is 1. The van der Waals surface area contributed by atoms with Gasteiger partial charge in [0.15, 0.2) is 5.76 Å². The zero-order valence-electron chi connectivity index (χ0n) is 19.9. The van der Waals surface area contributed by atoms with Crippen molar-refractivity contribution < 1.29 is 24.5 Å². The highest BCUT2D eigenvalue weighted by Crippen LogP contribution is 2.39. The SMILES string of the molecule is CCN(CCO)C(=O)c1ccc(-c2ccnc3c2c(/C=C2\Oc4cccc(O)c4C2=O)cn3C)cc1. The summed E-state index contributed by atoms with van der Waals surface area (Å²) >= 11 is 0. The topological polar surface area (TPSA) is 105 Å². The minimum Gasteiger partial charge on any atom is -0.507 e. The maximum atomic E-state index is 12.9. The lowest BCUT2D eigenvalue weighted by atomic mass is 9.99. The Labute approximate surface area is 207 Å². The number of ether oxygens (including phenoxy) is 1. The molecule has 4 aromatic rings. The van der Waals surface area contributed by atoms with Crippen molar-refractivity contribution in [2.45, 2.75) is 6.92 Å². The molecule has 5 rings (SSSR count). The molecule has 8 heteroatoms. The number of allylic oxidation sites excluding steroid dienone is 1. The quantitative estimate of drug-likeness (QED) is 0.402. The van der Waals surface area contributed by atoms with Crippen molar-refractivity contribution >= 4 is 28.8 Å². The number of carbonyl (C=O) groups excluding carboxylic acids is 2. The molecule has 0 saturated heterocycles. The number of pyridine rings is 1. The van der Waals surface area contributed by atoms with E-state index in [1.165, 1.54) is 6.07 Å². The summed E-state index contributed by atoms with van der Waals surface area (Å²) in [4.78, 5) is 31.8. The second kappa shape index (κ2) is 9.31. The first kappa shape index (κ1) is 23.3. The fraction of sp³-hybridized carbons (Fsp3) is 0.179. The minimum atomic E-state index is -0.378. The largest absolute Gasteiger partial charge is 0.507 e. The molecule has 3 heterocycles. The van der Waals surface area contributed by atoms with Gasteiger partial charge in [0.05, 0.1) is 6.61 Å². The van der Waals surface area contributed by atoms with E-state index >= 15 is 0 Å². The monoisotopic (exact) mass is 483 g/mol. The van der Waals surface area contributed by atoms with Crippen LogP contribution in [-0.4, -0.2) is 56.1 Å². The van der Waals surface area contributed by atoms with Crippen molar-refractivity contribution in [2.75, 3.05) is 19.7 Å². The average molecular weight is 484 g/mol. The van der Waals surface area contributed by atoms with Crippen LogP contribution in [0.4, 0.5) is 0 Å². The van der Waals surface area contributed by atoms with E-state index < -0.39 is 0 Å².